The van der Waals surface area contributed by atoms with E-state index in [0.29, 0.717) is 0 Å². The summed E-state index contributed by atoms with van der Waals surface area (Å²) in [6.45, 7) is 6.45. The monoisotopic (exact) mass is 474 g/mol. The van der Waals surface area contributed by atoms with Gasteiger partial charge in [0.05, 0.1) is 12.4 Å². The molecule has 2 rings (SSSR count). The molecule has 1 aliphatic heterocycles. The second-order valence-corrected chi connectivity index (χ2v) is 6.91. The van der Waals surface area contributed by atoms with Crippen LogP contribution < -0.4 is 5.32 Å². The number of guanidine groups is 1. The summed E-state index contributed by atoms with van der Waals surface area (Å²) < 4.78 is 0. The fraction of sp³-hybridized carbons (Fsp3) is 0.773. The van der Waals surface area contributed by atoms with E-state index in [4.69, 9.17) is 0 Å². The summed E-state index contributed by atoms with van der Waals surface area (Å²) in [5.74, 6) is 3.11. The van der Waals surface area contributed by atoms with Crippen LogP contribution in [0, 0.1) is 0 Å². The molecule has 1 fully saturated rings. The van der Waals surface area contributed by atoms with E-state index in [9.17, 15) is 4.79 Å². The van der Waals surface area contributed by atoms with Crippen LogP contribution in [0.1, 0.15) is 42.0 Å². The van der Waals surface area contributed by atoms with Crippen molar-refractivity contribution in [2.45, 2.75) is 42.7 Å². The van der Waals surface area contributed by atoms with Gasteiger partial charge in [-0.15, -0.1) is 0 Å². The Kier molecular flexibility index (Phi) is 29.5. The predicted molar refractivity (Wildman–Crippen MR) is 145 cm³/mol. The first-order valence-corrected chi connectivity index (χ1v) is 9.68. The lowest BCUT2D eigenvalue weighted by Gasteiger charge is -2.13. The third-order valence-corrected chi connectivity index (χ3v) is 4.06. The average molecular weight is 475 g/mol. The molecule has 1 aromatic heterocycles. The van der Waals surface area contributed by atoms with Crippen LogP contribution in [0.3, 0.4) is 0 Å². The van der Waals surface area contributed by atoms with Crippen molar-refractivity contribution in [1.29, 1.82) is 0 Å². The van der Waals surface area contributed by atoms with Crippen molar-refractivity contribution in [3.05, 3.63) is 12.2 Å². The normalized spacial score (nSPS) is 11.5. The number of aromatic nitrogens is 3. The van der Waals surface area contributed by atoms with Gasteiger partial charge >= 0.3 is 0 Å². The van der Waals surface area contributed by atoms with Crippen LogP contribution in [0.4, 0.5) is 0 Å². The molecule has 0 atom stereocenters. The number of carbonyl (C=O) groups excluding carboxylic acids is 1. The van der Waals surface area contributed by atoms with Gasteiger partial charge in [-0.25, -0.2) is 4.98 Å². The van der Waals surface area contributed by atoms with Gasteiger partial charge in [-0.2, -0.15) is 5.10 Å². The van der Waals surface area contributed by atoms with Gasteiger partial charge in [0.1, 0.15) is 12.2 Å². The summed E-state index contributed by atoms with van der Waals surface area (Å²) in [4.78, 5) is 29.8. The number of amidine groups is 1. The maximum atomic E-state index is 10.1. The molecule has 1 saturated heterocycles. The first-order chi connectivity index (χ1) is 14.0. The molecule has 2 heterocycles. The Balaban J connectivity index is -0.000000104. The topological polar surface area (TPSA) is 108 Å². The smallest absolute Gasteiger partial charge is 0.218 e. The van der Waals surface area contributed by atoms with Crippen LogP contribution in [0.25, 0.3) is 0 Å². The number of hydrogen-bond acceptors (Lipinski definition) is 6. The molecule has 1 amide bonds. The molecule has 0 bridgehead atoms. The summed E-state index contributed by atoms with van der Waals surface area (Å²) in [5.41, 5.74) is 0. The van der Waals surface area contributed by atoms with Crippen molar-refractivity contribution in [1.82, 2.24) is 40.1 Å². The van der Waals surface area contributed by atoms with E-state index in [1.54, 1.807) is 21.1 Å². The number of amides is 1. The summed E-state index contributed by atoms with van der Waals surface area (Å²) in [6, 6.07) is 0. The molecule has 0 unspecified atom stereocenters. The number of nitrogens with zero attached hydrogens (tertiary/aromatic N) is 8. The maximum Gasteiger partial charge on any atom is 0.218 e. The van der Waals surface area contributed by atoms with Gasteiger partial charge in [-0.1, -0.05) is 22.3 Å². The van der Waals surface area contributed by atoms with Crippen molar-refractivity contribution in [3.8, 4) is 0 Å². The third-order valence-electron chi connectivity index (χ3n) is 4.06. The molecule has 1 aliphatic rings. The number of aromatic amines is 1. The SMILES string of the molecule is C.C.C.CC(=O)N(C)C.CN=C(C)N(C)C.CN=C1N(C)CCN1C.CNCc1ncn[nH]1. The fourth-order valence-electron chi connectivity index (χ4n) is 1.82. The van der Waals surface area contributed by atoms with Crippen LogP contribution in [0.5, 0.6) is 0 Å². The van der Waals surface area contributed by atoms with E-state index in [0.717, 1.165) is 37.3 Å². The van der Waals surface area contributed by atoms with Crippen LogP contribution in [0.2, 0.25) is 0 Å². The zero-order chi connectivity index (χ0) is 23.7. The Morgan fingerprint density at radius 3 is 1.70 bits per heavy atom. The third kappa shape index (κ3) is 20.9. The lowest BCUT2D eigenvalue weighted by molar-refractivity contribution is -0.126. The molecule has 0 spiro atoms. The Hall–Kier alpha value is -2.69. The molecular formula is C22H54N10O. The highest BCUT2D eigenvalue weighted by molar-refractivity contribution is 5.81. The summed E-state index contributed by atoms with van der Waals surface area (Å²) in [6.07, 6.45) is 1.49. The first kappa shape index (κ1) is 40.6. The summed E-state index contributed by atoms with van der Waals surface area (Å²) >= 11 is 0. The zero-order valence-electron chi connectivity index (χ0n) is 20.7. The zero-order valence-corrected chi connectivity index (χ0v) is 20.7. The van der Waals surface area contributed by atoms with E-state index in [1.165, 1.54) is 18.2 Å². The minimum absolute atomic E-state index is 0. The van der Waals surface area contributed by atoms with Crippen molar-refractivity contribution < 1.29 is 4.79 Å². The molecular weight excluding hydrogens is 420 g/mol. The van der Waals surface area contributed by atoms with Crippen LogP contribution >= 0.6 is 0 Å². The number of likely N-dealkylation sites (N-methyl/N-ethyl adjacent to an activating group) is 2. The number of nitrogens with one attached hydrogen (secondary N) is 2. The summed E-state index contributed by atoms with van der Waals surface area (Å²) in [5, 5.41) is 9.32. The van der Waals surface area contributed by atoms with E-state index in [1.807, 2.05) is 40.0 Å². The molecule has 0 aliphatic carbocycles. The van der Waals surface area contributed by atoms with Crippen LogP contribution in [-0.2, 0) is 11.3 Å². The lowest BCUT2D eigenvalue weighted by Crippen LogP contribution is -2.27. The van der Waals surface area contributed by atoms with Crippen LogP contribution in [-0.4, -0.2) is 129 Å². The van der Waals surface area contributed by atoms with Gasteiger partial charge in [0, 0.05) is 76.4 Å². The molecule has 1 aromatic rings. The van der Waals surface area contributed by atoms with Gasteiger partial charge in [-0.05, 0) is 14.0 Å². The van der Waals surface area contributed by atoms with E-state index in [-0.39, 0.29) is 28.2 Å². The molecule has 11 nitrogen and oxygen atoms in total. The Morgan fingerprint density at radius 1 is 1.06 bits per heavy atom. The van der Waals surface area contributed by atoms with E-state index < -0.39 is 0 Å². The van der Waals surface area contributed by atoms with Crippen molar-refractivity contribution in [2.75, 3.05) is 76.5 Å². The number of rotatable bonds is 2. The largest absolute Gasteiger partial charge is 0.367 e. The van der Waals surface area contributed by atoms with Crippen molar-refractivity contribution in [3.63, 3.8) is 0 Å². The Morgan fingerprint density at radius 2 is 1.52 bits per heavy atom. The van der Waals surface area contributed by atoms with Gasteiger partial charge < -0.3 is 24.9 Å². The molecule has 11 heteroatoms. The molecule has 0 aromatic carbocycles. The van der Waals surface area contributed by atoms with E-state index in [2.05, 4.69) is 54.4 Å². The quantitative estimate of drug-likeness (QED) is 0.498. The average Bonchev–Trinajstić information content (AvgIpc) is 3.32. The minimum atomic E-state index is 0. The second kappa shape index (κ2) is 24.0. The summed E-state index contributed by atoms with van der Waals surface area (Å²) in [7, 11) is 17.0. The van der Waals surface area contributed by atoms with Gasteiger partial charge in [0.25, 0.3) is 0 Å². The number of aliphatic imine (C=N–C) groups is 2. The van der Waals surface area contributed by atoms with Crippen molar-refractivity contribution in [2.24, 2.45) is 9.98 Å². The highest BCUT2D eigenvalue weighted by Gasteiger charge is 2.17. The second-order valence-electron chi connectivity index (χ2n) is 6.91. The minimum Gasteiger partial charge on any atom is -0.367 e. The fourth-order valence-corrected chi connectivity index (χ4v) is 1.82. The molecule has 0 radical (unpaired) electrons. The highest BCUT2D eigenvalue weighted by Crippen LogP contribution is 2.01. The molecule has 2 N–H and O–H groups in total. The number of carbonyl (C=O) groups is 1. The first-order valence-electron chi connectivity index (χ1n) is 9.68. The van der Waals surface area contributed by atoms with Gasteiger partial charge in [0.2, 0.25) is 5.91 Å². The van der Waals surface area contributed by atoms with E-state index >= 15 is 0 Å². The van der Waals surface area contributed by atoms with Gasteiger partial charge in [-0.3, -0.25) is 19.9 Å². The molecule has 33 heavy (non-hydrogen) atoms. The standard InChI is InChI=1S/C6H13N3.C5H12N2.C4H8N4.C4H9NO.3CH4/c1-7-6-8(2)4-5-9(6)3;1-5(6-2)7(3)4;1-5-2-4-6-3-7-8-4;1-4(6)5(2)3;;;/h4-5H2,1-3H3;1-4H3;3,5H,2H2,1H3,(H,6,7,8);1-3H3;3*1H4. The predicted octanol–water partition coefficient (Wildman–Crippen LogP) is 1.97. The Labute approximate surface area is 204 Å². The number of hydrogen-bond donors (Lipinski definition) is 2. The molecule has 0 saturated carbocycles. The highest BCUT2D eigenvalue weighted by atomic mass is 16.2. The van der Waals surface area contributed by atoms with Crippen LogP contribution in [0.15, 0.2) is 16.3 Å². The maximum absolute atomic E-state index is 10.1. The number of H-pyrrole nitrogens is 1. The van der Waals surface area contributed by atoms with Gasteiger partial charge in [0.15, 0.2) is 5.96 Å². The lowest BCUT2D eigenvalue weighted by atomic mass is 10.6. The van der Waals surface area contributed by atoms with Crippen molar-refractivity contribution >= 4 is 17.7 Å². The Bertz CT molecular complexity index is 601. The molecule has 198 valence electrons.